The molecule has 0 N–H and O–H groups in total. The predicted molar refractivity (Wildman–Crippen MR) is 368 cm³/mol. The Morgan fingerprint density at radius 1 is 0.188 bits per heavy atom. The Labute approximate surface area is 511 Å². The lowest BCUT2D eigenvalue weighted by Crippen LogP contribution is -1.98. The van der Waals surface area contributed by atoms with Crippen molar-refractivity contribution in [1.82, 2.24) is 0 Å². The standard InChI is InChI=1S/5C17H18/c1-10-5-6-15-14(7-10)9-16-13(4)12(3)11(2)8-17(15)16;1-10-5-6-14-9-15-13(4)12(3)11(2)8-17(15)16(14)7-10;1-10-6-5-7-14-15(10)9-16-13(4)12(3)11(2)8-17(14)16;1-10-6-5-7-14-9-15-13(4)12(3)11(2)8-16(15)17(10)14;1-10-11(2)13(4)17-15-8-6-5-7-14(15)9-16(17)12(10)3/h5*5-8H,9H2,1-4H3. The molecule has 0 aliphatic heterocycles. The topological polar surface area (TPSA) is 0 Å². The first kappa shape index (κ1) is 59.0. The first-order chi connectivity index (χ1) is 40.4. The largest absolute Gasteiger partial charge is 0.0619 e. The second-order valence-corrected chi connectivity index (χ2v) is 26.3. The van der Waals surface area contributed by atoms with Gasteiger partial charge in [-0.1, -0.05) is 132 Å². The van der Waals surface area contributed by atoms with Crippen molar-refractivity contribution in [2.45, 2.75) is 171 Å². The minimum absolute atomic E-state index is 1.11. The Bertz CT molecular complexity index is 4390. The van der Waals surface area contributed by atoms with E-state index in [0.29, 0.717) is 0 Å². The van der Waals surface area contributed by atoms with Gasteiger partial charge in [0.05, 0.1) is 0 Å². The van der Waals surface area contributed by atoms with Gasteiger partial charge in [-0.15, -0.1) is 0 Å². The van der Waals surface area contributed by atoms with Crippen LogP contribution in [0.25, 0.3) is 55.6 Å². The molecule has 0 unspecified atom stereocenters. The van der Waals surface area contributed by atoms with Crippen LogP contribution in [0.15, 0.2) is 121 Å². The van der Waals surface area contributed by atoms with Gasteiger partial charge in [0.1, 0.15) is 0 Å². The molecule has 0 nitrogen and oxygen atoms in total. The summed E-state index contributed by atoms with van der Waals surface area (Å²) in [5.41, 5.74) is 58.6. The van der Waals surface area contributed by atoms with Crippen molar-refractivity contribution in [3.63, 3.8) is 0 Å². The van der Waals surface area contributed by atoms with Gasteiger partial charge in [0, 0.05) is 0 Å². The summed E-state index contributed by atoms with van der Waals surface area (Å²) in [6, 6.07) is 45.3. The smallest absolute Gasteiger partial charge is 0.000809 e. The van der Waals surface area contributed by atoms with E-state index in [9.17, 15) is 0 Å². The van der Waals surface area contributed by atoms with Crippen molar-refractivity contribution in [1.29, 1.82) is 0 Å². The molecule has 15 rings (SSSR count). The second-order valence-electron chi connectivity index (χ2n) is 26.3. The van der Waals surface area contributed by atoms with Crippen molar-refractivity contribution < 1.29 is 0 Å². The fourth-order valence-electron chi connectivity index (χ4n) is 14.9. The molecular formula is C85H90. The van der Waals surface area contributed by atoms with Crippen LogP contribution in [0.1, 0.15) is 167 Å². The zero-order valence-electron chi connectivity index (χ0n) is 55.1. The van der Waals surface area contributed by atoms with Gasteiger partial charge in [-0.05, 0) is 382 Å². The van der Waals surface area contributed by atoms with Crippen LogP contribution < -0.4 is 0 Å². The van der Waals surface area contributed by atoms with E-state index in [1.165, 1.54) is 217 Å². The summed E-state index contributed by atoms with van der Waals surface area (Å²) in [6.07, 6.45) is 5.56. The molecule has 5 aliphatic carbocycles. The number of hydrogen-bond acceptors (Lipinski definition) is 0. The highest BCUT2D eigenvalue weighted by atomic mass is 14.3. The zero-order valence-corrected chi connectivity index (χ0v) is 55.1. The molecule has 0 heteroatoms. The highest BCUT2D eigenvalue weighted by Crippen LogP contribution is 2.46. The van der Waals surface area contributed by atoms with Gasteiger partial charge in [-0.3, -0.25) is 0 Å². The first-order valence-electron chi connectivity index (χ1n) is 31.4. The van der Waals surface area contributed by atoms with E-state index >= 15 is 0 Å². The molecule has 85 heavy (non-hydrogen) atoms. The van der Waals surface area contributed by atoms with E-state index in [-0.39, 0.29) is 0 Å². The maximum absolute atomic E-state index is 2.37. The monoisotopic (exact) mass is 1110 g/mol. The summed E-state index contributed by atoms with van der Waals surface area (Å²) in [7, 11) is 0. The lowest BCUT2D eigenvalue weighted by Gasteiger charge is -2.16. The zero-order chi connectivity index (χ0) is 60.8. The maximum atomic E-state index is 2.37. The number of hydrogen-bond donors (Lipinski definition) is 0. The van der Waals surface area contributed by atoms with Crippen molar-refractivity contribution in [2.24, 2.45) is 0 Å². The van der Waals surface area contributed by atoms with Crippen LogP contribution in [0, 0.1) is 138 Å². The molecular weight excluding hydrogens is 1020 g/mol. The van der Waals surface area contributed by atoms with E-state index in [4.69, 9.17) is 0 Å². The minimum atomic E-state index is 1.11. The molecule has 0 heterocycles. The average molecular weight is 1110 g/mol. The lowest BCUT2D eigenvalue weighted by molar-refractivity contribution is 1.15. The molecule has 5 aliphatic rings. The van der Waals surface area contributed by atoms with Crippen LogP contribution in [0.2, 0.25) is 0 Å². The van der Waals surface area contributed by atoms with Crippen LogP contribution in [0.3, 0.4) is 0 Å². The normalized spacial score (nSPS) is 12.5. The molecule has 430 valence electrons. The summed E-state index contributed by atoms with van der Waals surface area (Å²) in [6.45, 7) is 44.7. The van der Waals surface area contributed by atoms with E-state index in [0.717, 1.165) is 32.1 Å². The lowest BCUT2D eigenvalue weighted by atomic mass is 9.89. The molecule has 0 atom stereocenters. The Morgan fingerprint density at radius 3 is 1.22 bits per heavy atom. The van der Waals surface area contributed by atoms with Gasteiger partial charge in [0.2, 0.25) is 0 Å². The van der Waals surface area contributed by atoms with Crippen molar-refractivity contribution in [2.75, 3.05) is 0 Å². The first-order valence-corrected chi connectivity index (χ1v) is 31.4. The maximum Gasteiger partial charge on any atom is -0.000809 e. The molecule has 0 aromatic heterocycles. The Balaban J connectivity index is 0.000000111. The summed E-state index contributed by atoms with van der Waals surface area (Å²) in [5, 5.41) is 0. The summed E-state index contributed by atoms with van der Waals surface area (Å²) >= 11 is 0. The fourth-order valence-corrected chi connectivity index (χ4v) is 14.9. The van der Waals surface area contributed by atoms with Gasteiger partial charge in [-0.2, -0.15) is 0 Å². The molecule has 0 spiro atoms. The van der Waals surface area contributed by atoms with Crippen LogP contribution in [0.5, 0.6) is 0 Å². The van der Waals surface area contributed by atoms with Gasteiger partial charge in [-0.25, -0.2) is 0 Å². The molecule has 0 saturated carbocycles. The molecule has 0 bridgehead atoms. The van der Waals surface area contributed by atoms with Gasteiger partial charge < -0.3 is 0 Å². The Hall–Kier alpha value is -7.80. The van der Waals surface area contributed by atoms with E-state index in [1.807, 2.05) is 0 Å². The Kier molecular flexibility index (Phi) is 15.9. The quantitative estimate of drug-likeness (QED) is 0.142. The van der Waals surface area contributed by atoms with Gasteiger partial charge in [0.25, 0.3) is 0 Å². The fraction of sp³-hybridized carbons (Fsp3) is 0.294. The van der Waals surface area contributed by atoms with Crippen LogP contribution in [0.4, 0.5) is 0 Å². The second kappa shape index (κ2) is 22.9. The molecule has 0 saturated heterocycles. The number of benzene rings is 10. The van der Waals surface area contributed by atoms with Crippen molar-refractivity contribution in [3.05, 3.63) is 288 Å². The minimum Gasteiger partial charge on any atom is -0.0619 e. The molecule has 0 radical (unpaired) electrons. The van der Waals surface area contributed by atoms with Crippen molar-refractivity contribution in [3.8, 4) is 55.6 Å². The van der Waals surface area contributed by atoms with Gasteiger partial charge >= 0.3 is 0 Å². The summed E-state index contributed by atoms with van der Waals surface area (Å²) in [4.78, 5) is 0. The SMILES string of the molecule is Cc1c(C)c(C)c2c(c1C)Cc1ccccc1-2.Cc1cc2c(c(C)c1C)Cc1c(C)cccc1-2.Cc1cc2c(c(C)c1C)Cc1cccc(C)c1-2.Cc1ccc2c(c1)-c1cc(C)c(C)c(C)c1C2.Cc1ccc2c(c1)Cc1c-2cc(C)c(C)c1C. The number of fused-ring (bicyclic) bond motifs is 15. The predicted octanol–water partition coefficient (Wildman–Crippen LogP) is 22.5. The highest BCUT2D eigenvalue weighted by molar-refractivity contribution is 5.85. The third-order valence-corrected chi connectivity index (χ3v) is 21.5. The van der Waals surface area contributed by atoms with Gasteiger partial charge in [0.15, 0.2) is 0 Å². The van der Waals surface area contributed by atoms with E-state index < -0.39 is 0 Å². The third kappa shape index (κ3) is 10.4. The highest BCUT2D eigenvalue weighted by Gasteiger charge is 2.28. The van der Waals surface area contributed by atoms with Crippen LogP contribution in [-0.2, 0) is 32.1 Å². The molecule has 10 aromatic rings. The summed E-state index contributed by atoms with van der Waals surface area (Å²) < 4.78 is 0. The number of rotatable bonds is 0. The molecule has 0 amide bonds. The van der Waals surface area contributed by atoms with Crippen LogP contribution >= 0.6 is 0 Å². The molecule has 10 aromatic carbocycles. The van der Waals surface area contributed by atoms with E-state index in [2.05, 4.69) is 260 Å². The third-order valence-electron chi connectivity index (χ3n) is 21.5. The molecule has 0 fully saturated rings. The summed E-state index contributed by atoms with van der Waals surface area (Å²) in [5.74, 6) is 0. The average Bonchev–Trinajstić information content (AvgIpc) is 1.98. The Morgan fingerprint density at radius 2 is 0.600 bits per heavy atom. The van der Waals surface area contributed by atoms with E-state index in [1.54, 1.807) is 5.56 Å². The van der Waals surface area contributed by atoms with Crippen LogP contribution in [-0.4, -0.2) is 0 Å². The number of aryl methyl sites for hydroxylation is 8. The van der Waals surface area contributed by atoms with Crippen molar-refractivity contribution >= 4 is 0 Å².